The summed E-state index contributed by atoms with van der Waals surface area (Å²) in [4.78, 5) is 17.9. The summed E-state index contributed by atoms with van der Waals surface area (Å²) in [6.45, 7) is 8.67. The van der Waals surface area contributed by atoms with Crippen molar-refractivity contribution >= 4 is 16.8 Å². The second-order valence-electron chi connectivity index (χ2n) is 9.24. The Morgan fingerprint density at radius 2 is 1.90 bits per heavy atom. The third-order valence-corrected chi connectivity index (χ3v) is 6.96. The van der Waals surface area contributed by atoms with Crippen LogP contribution in [0.5, 0.6) is 0 Å². The van der Waals surface area contributed by atoms with Crippen LogP contribution >= 0.6 is 0 Å². The van der Waals surface area contributed by atoms with Crippen molar-refractivity contribution in [1.82, 2.24) is 9.55 Å². The van der Waals surface area contributed by atoms with Crippen molar-refractivity contribution in [3.63, 3.8) is 0 Å². The number of rotatable bonds is 10. The van der Waals surface area contributed by atoms with E-state index in [1.54, 1.807) is 0 Å². The van der Waals surface area contributed by atoms with Crippen LogP contribution < -0.4 is 0 Å². The van der Waals surface area contributed by atoms with Gasteiger partial charge in [-0.3, -0.25) is 4.79 Å². The van der Waals surface area contributed by atoms with Crippen molar-refractivity contribution < 1.29 is 9.90 Å². The molecule has 1 aliphatic carbocycles. The molecule has 160 valence electrons. The number of Topliss-reactive ketones (excluding diaryl/α,β-unsaturated/α-hetero) is 1. The van der Waals surface area contributed by atoms with Gasteiger partial charge in [-0.05, 0) is 48.8 Å². The molecule has 1 heterocycles. The van der Waals surface area contributed by atoms with Gasteiger partial charge in [-0.1, -0.05) is 53.4 Å². The largest absolute Gasteiger partial charge is 0.396 e. The molecule has 29 heavy (non-hydrogen) atoms. The maximum absolute atomic E-state index is 12.8. The van der Waals surface area contributed by atoms with Crippen LogP contribution in [0.15, 0.2) is 18.2 Å². The van der Waals surface area contributed by atoms with Crippen LogP contribution in [-0.4, -0.2) is 27.0 Å². The lowest BCUT2D eigenvalue weighted by Gasteiger charge is -2.20. The normalized spacial score (nSPS) is 16.4. The van der Waals surface area contributed by atoms with Crippen LogP contribution in [0.4, 0.5) is 0 Å². The van der Waals surface area contributed by atoms with E-state index in [1.807, 2.05) is 12.1 Å². The lowest BCUT2D eigenvalue weighted by molar-refractivity contribution is 0.0907. The topological polar surface area (TPSA) is 55.1 Å². The molecule has 1 atom stereocenters. The lowest BCUT2D eigenvalue weighted by Crippen LogP contribution is -2.18. The molecule has 1 N–H and O–H groups in total. The summed E-state index contributed by atoms with van der Waals surface area (Å²) in [7, 11) is 0. The predicted octanol–water partition coefficient (Wildman–Crippen LogP) is 5.97. The standard InChI is InChI=1S/C25H38N2O2/c1-5-21(6-2)27-23-12-11-19(24(29)15-20(16-28)17(3)4)14-22(23)26-25(27)13-18-9-7-8-10-18/h11-12,14,17-18,20-21,28H,5-10,13,15-16H2,1-4H3/t20-/m1/s1. The molecular formula is C25H38N2O2. The Kier molecular flexibility index (Phi) is 7.50. The third kappa shape index (κ3) is 4.91. The molecule has 1 aromatic heterocycles. The molecule has 0 unspecified atom stereocenters. The fourth-order valence-corrected chi connectivity index (χ4v) is 4.87. The highest BCUT2D eigenvalue weighted by Crippen LogP contribution is 2.32. The Labute approximate surface area is 175 Å². The summed E-state index contributed by atoms with van der Waals surface area (Å²) < 4.78 is 2.45. The Balaban J connectivity index is 1.94. The highest BCUT2D eigenvalue weighted by molar-refractivity contribution is 5.99. The average Bonchev–Trinajstić information content (AvgIpc) is 3.34. The fourth-order valence-electron chi connectivity index (χ4n) is 4.87. The van der Waals surface area contributed by atoms with E-state index in [1.165, 1.54) is 31.5 Å². The fraction of sp³-hybridized carbons (Fsp3) is 0.680. The van der Waals surface area contributed by atoms with Gasteiger partial charge in [0.2, 0.25) is 0 Å². The number of carbonyl (C=O) groups is 1. The van der Waals surface area contributed by atoms with E-state index in [-0.39, 0.29) is 18.3 Å². The molecule has 0 spiro atoms. The van der Waals surface area contributed by atoms with E-state index in [4.69, 9.17) is 4.98 Å². The van der Waals surface area contributed by atoms with Crippen molar-refractivity contribution in [2.75, 3.05) is 6.61 Å². The minimum absolute atomic E-state index is 0.0123. The molecule has 0 saturated heterocycles. The van der Waals surface area contributed by atoms with Gasteiger partial charge in [-0.2, -0.15) is 0 Å². The van der Waals surface area contributed by atoms with Crippen molar-refractivity contribution in [2.24, 2.45) is 17.8 Å². The lowest BCUT2D eigenvalue weighted by atomic mass is 9.89. The molecule has 0 amide bonds. The van der Waals surface area contributed by atoms with E-state index < -0.39 is 0 Å². The number of ketones is 1. The molecular weight excluding hydrogens is 360 g/mol. The summed E-state index contributed by atoms with van der Waals surface area (Å²) in [6, 6.07) is 6.48. The first-order valence-electron chi connectivity index (χ1n) is 11.6. The number of aliphatic hydroxyl groups is 1. The van der Waals surface area contributed by atoms with Gasteiger partial charge in [-0.25, -0.2) is 4.98 Å². The van der Waals surface area contributed by atoms with Gasteiger partial charge < -0.3 is 9.67 Å². The van der Waals surface area contributed by atoms with E-state index in [0.717, 1.165) is 41.8 Å². The molecule has 4 heteroatoms. The highest BCUT2D eigenvalue weighted by atomic mass is 16.3. The number of benzene rings is 1. The van der Waals surface area contributed by atoms with Gasteiger partial charge in [-0.15, -0.1) is 0 Å². The zero-order valence-electron chi connectivity index (χ0n) is 18.7. The summed E-state index contributed by atoms with van der Waals surface area (Å²) in [5, 5.41) is 9.59. The van der Waals surface area contributed by atoms with Crippen LogP contribution in [0.25, 0.3) is 11.0 Å². The molecule has 1 aromatic carbocycles. The quantitative estimate of drug-likeness (QED) is 0.502. The van der Waals surface area contributed by atoms with Crippen molar-refractivity contribution in [2.45, 2.75) is 85.1 Å². The molecule has 1 saturated carbocycles. The number of imidazole rings is 1. The van der Waals surface area contributed by atoms with Crippen LogP contribution in [0.2, 0.25) is 0 Å². The number of nitrogens with zero attached hydrogens (tertiary/aromatic N) is 2. The van der Waals surface area contributed by atoms with Crippen molar-refractivity contribution in [1.29, 1.82) is 0 Å². The summed E-state index contributed by atoms with van der Waals surface area (Å²) in [5.41, 5.74) is 2.82. The van der Waals surface area contributed by atoms with Crippen LogP contribution in [0.3, 0.4) is 0 Å². The second-order valence-corrected chi connectivity index (χ2v) is 9.24. The molecule has 0 aliphatic heterocycles. The number of hydrogen-bond donors (Lipinski definition) is 1. The monoisotopic (exact) mass is 398 g/mol. The van der Waals surface area contributed by atoms with Gasteiger partial charge >= 0.3 is 0 Å². The highest BCUT2D eigenvalue weighted by Gasteiger charge is 2.23. The Hall–Kier alpha value is -1.68. The molecule has 0 bridgehead atoms. The number of aliphatic hydroxyl groups excluding tert-OH is 1. The SMILES string of the molecule is CCC(CC)n1c(CC2CCCC2)nc2cc(C(=O)C[C@H](CO)C(C)C)ccc21. The van der Waals surface area contributed by atoms with E-state index >= 15 is 0 Å². The van der Waals surface area contributed by atoms with Gasteiger partial charge in [0.15, 0.2) is 5.78 Å². The first kappa shape index (κ1) is 22.0. The maximum Gasteiger partial charge on any atom is 0.163 e. The zero-order chi connectivity index (χ0) is 21.0. The van der Waals surface area contributed by atoms with E-state index in [0.29, 0.717) is 18.4 Å². The smallest absolute Gasteiger partial charge is 0.163 e. The molecule has 1 fully saturated rings. The van der Waals surface area contributed by atoms with Gasteiger partial charge in [0.1, 0.15) is 5.82 Å². The summed E-state index contributed by atoms with van der Waals surface area (Å²) in [5.74, 6) is 2.35. The molecule has 2 aromatic rings. The summed E-state index contributed by atoms with van der Waals surface area (Å²) in [6.07, 6.45) is 8.93. The number of carbonyl (C=O) groups excluding carboxylic acids is 1. The minimum Gasteiger partial charge on any atom is -0.396 e. The Morgan fingerprint density at radius 1 is 1.21 bits per heavy atom. The molecule has 4 nitrogen and oxygen atoms in total. The third-order valence-electron chi connectivity index (χ3n) is 6.96. The number of fused-ring (bicyclic) bond motifs is 1. The first-order chi connectivity index (χ1) is 14.0. The number of aromatic nitrogens is 2. The van der Waals surface area contributed by atoms with Gasteiger partial charge in [0.25, 0.3) is 0 Å². The number of hydrogen-bond acceptors (Lipinski definition) is 3. The van der Waals surface area contributed by atoms with Crippen LogP contribution in [0.1, 0.15) is 94.9 Å². The first-order valence-corrected chi connectivity index (χ1v) is 11.6. The van der Waals surface area contributed by atoms with Crippen molar-refractivity contribution in [3.05, 3.63) is 29.6 Å². The van der Waals surface area contributed by atoms with Gasteiger partial charge in [0, 0.05) is 31.1 Å². The average molecular weight is 399 g/mol. The second kappa shape index (κ2) is 9.88. The van der Waals surface area contributed by atoms with E-state index in [2.05, 4.69) is 38.3 Å². The van der Waals surface area contributed by atoms with E-state index in [9.17, 15) is 9.90 Å². The van der Waals surface area contributed by atoms with Gasteiger partial charge in [0.05, 0.1) is 11.0 Å². The molecule has 0 radical (unpaired) electrons. The molecule has 1 aliphatic rings. The Bertz CT molecular complexity index is 814. The summed E-state index contributed by atoms with van der Waals surface area (Å²) >= 11 is 0. The van der Waals surface area contributed by atoms with Crippen molar-refractivity contribution in [3.8, 4) is 0 Å². The zero-order valence-corrected chi connectivity index (χ0v) is 18.7. The van der Waals surface area contributed by atoms with Crippen LogP contribution in [0, 0.1) is 17.8 Å². The van der Waals surface area contributed by atoms with Crippen LogP contribution in [-0.2, 0) is 6.42 Å². The Morgan fingerprint density at radius 3 is 2.48 bits per heavy atom. The maximum atomic E-state index is 12.8. The molecule has 3 rings (SSSR count). The minimum atomic E-state index is 0.0123. The predicted molar refractivity (Wildman–Crippen MR) is 119 cm³/mol.